The largest absolute Gasteiger partial charge is 0.378 e. The zero-order chi connectivity index (χ0) is 24.5. The van der Waals surface area contributed by atoms with Gasteiger partial charge in [-0.2, -0.15) is 0 Å². The maximum atomic E-state index is 15.0. The number of halogens is 1. The molecule has 1 saturated carbocycles. The SMILES string of the molecule is O=C(c1cnc(N2CCOCC2)nc1-c1ccccc1F)N(Cc1cccc2ccccc12)C1CC1. The third-order valence-corrected chi connectivity index (χ3v) is 6.90. The van der Waals surface area contributed by atoms with E-state index in [2.05, 4.69) is 29.2 Å². The lowest BCUT2D eigenvalue weighted by Gasteiger charge is -2.28. The van der Waals surface area contributed by atoms with Gasteiger partial charge in [-0.3, -0.25) is 4.79 Å². The molecule has 3 aromatic carbocycles. The first-order valence-corrected chi connectivity index (χ1v) is 12.4. The lowest BCUT2D eigenvalue weighted by Crippen LogP contribution is -2.38. The first kappa shape index (κ1) is 22.6. The summed E-state index contributed by atoms with van der Waals surface area (Å²) in [5.41, 5.74) is 2.05. The van der Waals surface area contributed by atoms with E-state index < -0.39 is 5.82 Å². The molecule has 0 spiro atoms. The molecule has 6 rings (SSSR count). The predicted octanol–water partition coefficient (Wildman–Crippen LogP) is 5.08. The molecule has 0 atom stereocenters. The molecule has 1 aliphatic heterocycles. The van der Waals surface area contributed by atoms with Crippen molar-refractivity contribution in [1.29, 1.82) is 0 Å². The maximum absolute atomic E-state index is 15.0. The summed E-state index contributed by atoms with van der Waals surface area (Å²) in [5.74, 6) is -0.0949. The van der Waals surface area contributed by atoms with Crippen molar-refractivity contribution in [3.63, 3.8) is 0 Å². The van der Waals surface area contributed by atoms with Crippen molar-refractivity contribution in [3.05, 3.63) is 89.9 Å². The second kappa shape index (κ2) is 9.66. The van der Waals surface area contributed by atoms with Crippen molar-refractivity contribution >= 4 is 22.6 Å². The number of fused-ring (bicyclic) bond motifs is 1. The monoisotopic (exact) mass is 482 g/mol. The molecule has 0 radical (unpaired) electrons. The number of hydrogen-bond acceptors (Lipinski definition) is 5. The number of nitrogens with zero attached hydrogens (tertiary/aromatic N) is 4. The lowest BCUT2D eigenvalue weighted by molar-refractivity contribution is 0.0730. The van der Waals surface area contributed by atoms with E-state index in [1.807, 2.05) is 28.0 Å². The third kappa shape index (κ3) is 4.42. The molecular formula is C29H27FN4O2. The second-order valence-corrected chi connectivity index (χ2v) is 9.31. The molecule has 1 amide bonds. The Labute approximate surface area is 209 Å². The number of amides is 1. The van der Waals surface area contributed by atoms with Gasteiger partial charge < -0.3 is 14.5 Å². The van der Waals surface area contributed by atoms with E-state index in [4.69, 9.17) is 9.72 Å². The van der Waals surface area contributed by atoms with Crippen LogP contribution in [0.3, 0.4) is 0 Å². The Morgan fingerprint density at radius 1 is 1.00 bits per heavy atom. The standard InChI is InChI=1S/C29H27FN4O2/c30-26-11-4-3-10-24(26)27-25(18-31-29(32-27)33-14-16-36-17-15-33)28(35)34(22-12-13-22)19-21-8-5-7-20-6-1-2-9-23(20)21/h1-11,18,22H,12-17,19H2. The molecule has 0 N–H and O–H groups in total. The van der Waals surface area contributed by atoms with Crippen LogP contribution in [0, 0.1) is 5.82 Å². The highest BCUT2D eigenvalue weighted by Crippen LogP contribution is 2.34. The number of morpholine rings is 1. The zero-order valence-corrected chi connectivity index (χ0v) is 19.9. The molecule has 1 aliphatic carbocycles. The van der Waals surface area contributed by atoms with Gasteiger partial charge in [0.25, 0.3) is 5.91 Å². The van der Waals surface area contributed by atoms with E-state index in [9.17, 15) is 9.18 Å². The van der Waals surface area contributed by atoms with Gasteiger partial charge in [-0.25, -0.2) is 14.4 Å². The number of hydrogen-bond donors (Lipinski definition) is 0. The summed E-state index contributed by atoms with van der Waals surface area (Å²) in [5, 5.41) is 2.27. The van der Waals surface area contributed by atoms with Gasteiger partial charge in [0.1, 0.15) is 5.82 Å². The molecule has 1 aromatic heterocycles. The number of carbonyl (C=O) groups excluding carboxylic acids is 1. The summed E-state index contributed by atoms with van der Waals surface area (Å²) >= 11 is 0. The molecule has 1 saturated heterocycles. The molecule has 0 bridgehead atoms. The van der Waals surface area contributed by atoms with Gasteiger partial charge in [-0.15, -0.1) is 0 Å². The minimum Gasteiger partial charge on any atom is -0.378 e. The smallest absolute Gasteiger partial charge is 0.258 e. The Bertz CT molecular complexity index is 1410. The van der Waals surface area contributed by atoms with Crippen molar-refractivity contribution in [3.8, 4) is 11.3 Å². The van der Waals surface area contributed by atoms with E-state index in [1.54, 1.807) is 24.4 Å². The van der Waals surface area contributed by atoms with Gasteiger partial charge in [-0.1, -0.05) is 54.6 Å². The summed E-state index contributed by atoms with van der Waals surface area (Å²) in [6.07, 6.45) is 3.48. The van der Waals surface area contributed by atoms with Crippen molar-refractivity contribution in [1.82, 2.24) is 14.9 Å². The lowest BCUT2D eigenvalue weighted by atomic mass is 10.0. The minimum atomic E-state index is -0.412. The quantitative estimate of drug-likeness (QED) is 0.384. The summed E-state index contributed by atoms with van der Waals surface area (Å²) in [7, 11) is 0. The number of rotatable bonds is 6. The van der Waals surface area contributed by atoms with E-state index in [0.717, 1.165) is 29.2 Å². The fourth-order valence-corrected chi connectivity index (χ4v) is 4.82. The van der Waals surface area contributed by atoms with Crippen LogP contribution in [-0.4, -0.2) is 53.1 Å². The Morgan fingerprint density at radius 2 is 1.75 bits per heavy atom. The number of benzene rings is 3. The molecule has 36 heavy (non-hydrogen) atoms. The van der Waals surface area contributed by atoms with Crippen LogP contribution in [0.1, 0.15) is 28.8 Å². The van der Waals surface area contributed by atoms with Gasteiger partial charge in [0.15, 0.2) is 0 Å². The average molecular weight is 483 g/mol. The van der Waals surface area contributed by atoms with Gasteiger partial charge >= 0.3 is 0 Å². The highest BCUT2D eigenvalue weighted by atomic mass is 19.1. The van der Waals surface area contributed by atoms with Crippen molar-refractivity contribution in [2.24, 2.45) is 0 Å². The van der Waals surface area contributed by atoms with Crippen molar-refractivity contribution in [2.75, 3.05) is 31.2 Å². The minimum absolute atomic E-state index is 0.156. The van der Waals surface area contributed by atoms with Gasteiger partial charge in [0.05, 0.1) is 24.5 Å². The Morgan fingerprint density at radius 3 is 2.56 bits per heavy atom. The van der Waals surface area contributed by atoms with Crippen molar-refractivity contribution < 1.29 is 13.9 Å². The molecule has 6 nitrogen and oxygen atoms in total. The topological polar surface area (TPSA) is 58.6 Å². The normalized spacial score (nSPS) is 15.8. The number of anilines is 1. The highest BCUT2D eigenvalue weighted by Gasteiger charge is 2.35. The first-order chi connectivity index (χ1) is 17.7. The second-order valence-electron chi connectivity index (χ2n) is 9.31. The molecular weight excluding hydrogens is 455 g/mol. The van der Waals surface area contributed by atoms with Crippen LogP contribution >= 0.6 is 0 Å². The van der Waals surface area contributed by atoms with E-state index in [0.29, 0.717) is 55.6 Å². The molecule has 2 heterocycles. The Hall–Kier alpha value is -3.84. The van der Waals surface area contributed by atoms with E-state index in [1.165, 1.54) is 6.07 Å². The summed E-state index contributed by atoms with van der Waals surface area (Å²) in [4.78, 5) is 27.2. The molecule has 182 valence electrons. The first-order valence-electron chi connectivity index (χ1n) is 12.4. The fourth-order valence-electron chi connectivity index (χ4n) is 4.82. The maximum Gasteiger partial charge on any atom is 0.258 e. The molecule has 7 heteroatoms. The van der Waals surface area contributed by atoms with Gasteiger partial charge in [0.2, 0.25) is 5.95 Å². The molecule has 0 unspecified atom stereocenters. The van der Waals surface area contributed by atoms with E-state index >= 15 is 0 Å². The number of carbonyl (C=O) groups is 1. The van der Waals surface area contributed by atoms with Crippen LogP contribution in [0.15, 0.2) is 72.9 Å². The average Bonchev–Trinajstić information content (AvgIpc) is 3.77. The molecule has 2 aliphatic rings. The third-order valence-electron chi connectivity index (χ3n) is 6.90. The van der Waals surface area contributed by atoms with Crippen LogP contribution in [0.2, 0.25) is 0 Å². The van der Waals surface area contributed by atoms with Gasteiger partial charge in [-0.05, 0) is 41.3 Å². The van der Waals surface area contributed by atoms with Crippen LogP contribution in [-0.2, 0) is 11.3 Å². The molecule has 4 aromatic rings. The Kier molecular flexibility index (Phi) is 6.07. The van der Waals surface area contributed by atoms with Gasteiger partial charge in [0, 0.05) is 37.4 Å². The van der Waals surface area contributed by atoms with Crippen molar-refractivity contribution in [2.45, 2.75) is 25.4 Å². The summed E-state index contributed by atoms with van der Waals surface area (Å²) in [6.45, 7) is 2.95. The number of aromatic nitrogens is 2. The zero-order valence-electron chi connectivity index (χ0n) is 19.9. The predicted molar refractivity (Wildman–Crippen MR) is 137 cm³/mol. The summed E-state index contributed by atoms with van der Waals surface area (Å²) in [6, 6.07) is 21.0. The number of ether oxygens (including phenoxy) is 1. The summed E-state index contributed by atoms with van der Waals surface area (Å²) < 4.78 is 20.4. The van der Waals surface area contributed by atoms with Crippen LogP contribution in [0.4, 0.5) is 10.3 Å². The Balaban J connectivity index is 1.40. The highest BCUT2D eigenvalue weighted by molar-refractivity contribution is 6.00. The van der Waals surface area contributed by atoms with Crippen LogP contribution in [0.25, 0.3) is 22.0 Å². The van der Waals surface area contributed by atoms with Crippen LogP contribution in [0.5, 0.6) is 0 Å². The molecule has 2 fully saturated rings. The fraction of sp³-hybridized carbons (Fsp3) is 0.276. The van der Waals surface area contributed by atoms with E-state index in [-0.39, 0.29) is 11.9 Å². The van der Waals surface area contributed by atoms with Crippen LogP contribution < -0.4 is 4.90 Å².